The van der Waals surface area contributed by atoms with E-state index in [-0.39, 0.29) is 41.6 Å². The van der Waals surface area contributed by atoms with Gasteiger partial charge in [-0.05, 0) is 65.5 Å². The molecule has 0 atom stereocenters. The van der Waals surface area contributed by atoms with Gasteiger partial charge in [0, 0.05) is 30.9 Å². The molecule has 0 spiro atoms. The van der Waals surface area contributed by atoms with Crippen LogP contribution >= 0.6 is 0 Å². The molecule has 2 heterocycles. The first-order valence-electron chi connectivity index (χ1n) is 12.1. The topological polar surface area (TPSA) is 140 Å². The number of carbonyl (C=O) groups excluding carboxylic acids is 2. The molecule has 2 amide bonds. The summed E-state index contributed by atoms with van der Waals surface area (Å²) in [7, 11) is 2.11. The Morgan fingerprint density at radius 3 is 2.51 bits per heavy atom. The van der Waals surface area contributed by atoms with E-state index in [0.717, 1.165) is 25.6 Å². The van der Waals surface area contributed by atoms with Crippen LogP contribution in [0.2, 0.25) is 0 Å². The number of amides is 2. The maximum atomic E-state index is 12.8. The Labute approximate surface area is 218 Å². The molecule has 202 valence electrons. The highest BCUT2D eigenvalue weighted by molar-refractivity contribution is 7.92. The molecule has 0 saturated carbocycles. The summed E-state index contributed by atoms with van der Waals surface area (Å²) >= 11 is 0. The second-order valence-electron chi connectivity index (χ2n) is 9.64. The van der Waals surface area contributed by atoms with E-state index < -0.39 is 10.0 Å². The highest BCUT2D eigenvalue weighted by atomic mass is 32.2. The molecule has 0 saturated heterocycles. The first kappa shape index (κ1) is 28.1. The van der Waals surface area contributed by atoms with Crippen LogP contribution < -0.4 is 25.2 Å². The third-order valence-corrected chi connectivity index (χ3v) is 6.37. The zero-order chi connectivity index (χ0) is 27.3. The van der Waals surface area contributed by atoms with Crippen LogP contribution in [-0.2, 0) is 14.8 Å². The number of hydrogen-bond donors (Lipinski definition) is 3. The second kappa shape index (κ2) is 11.7. The molecule has 0 unspecified atom stereocenters. The van der Waals surface area contributed by atoms with Crippen LogP contribution in [0.1, 0.15) is 37.0 Å². The minimum absolute atomic E-state index is 0.0365. The Balaban J connectivity index is 1.86. The Bertz CT molecular complexity index is 1250. The predicted octanol–water partition coefficient (Wildman–Crippen LogP) is 1.85. The summed E-state index contributed by atoms with van der Waals surface area (Å²) in [5.74, 6) is 0.486. The first-order valence-corrected chi connectivity index (χ1v) is 14.0. The number of unbranched alkanes of at least 4 members (excludes halogenated alkanes) is 1. The molecule has 2 aromatic rings. The van der Waals surface area contributed by atoms with Gasteiger partial charge < -0.3 is 25.3 Å². The molecule has 37 heavy (non-hydrogen) atoms. The van der Waals surface area contributed by atoms with Gasteiger partial charge in [0.05, 0.1) is 24.7 Å². The smallest absolute Gasteiger partial charge is 0.251 e. The lowest BCUT2D eigenvalue weighted by Crippen LogP contribution is -2.47. The van der Waals surface area contributed by atoms with E-state index >= 15 is 0 Å². The van der Waals surface area contributed by atoms with Crippen LogP contribution in [0.25, 0.3) is 0 Å². The van der Waals surface area contributed by atoms with Crippen molar-refractivity contribution in [2.45, 2.75) is 32.7 Å². The number of benzene rings is 1. The number of fused-ring (bicyclic) bond motifs is 1. The van der Waals surface area contributed by atoms with Crippen LogP contribution in [0, 0.1) is 0 Å². The summed E-state index contributed by atoms with van der Waals surface area (Å²) in [5, 5.41) is 5.96. The Morgan fingerprint density at radius 2 is 1.86 bits per heavy atom. The average molecular weight is 533 g/mol. The molecule has 0 aliphatic carbocycles. The molecule has 0 fully saturated rings. The lowest BCUT2D eigenvalue weighted by molar-refractivity contribution is -0.117. The fourth-order valence-corrected chi connectivity index (χ4v) is 4.40. The second-order valence-corrected chi connectivity index (χ2v) is 11.4. The van der Waals surface area contributed by atoms with Crippen molar-refractivity contribution in [2.24, 2.45) is 0 Å². The molecule has 3 N–H and O–H groups in total. The lowest BCUT2D eigenvalue weighted by atomic mass is 10.1. The predicted molar refractivity (Wildman–Crippen MR) is 146 cm³/mol. The number of carbonyl (C=O) groups is 2. The van der Waals surface area contributed by atoms with Crippen LogP contribution in [0.5, 0.6) is 0 Å². The largest absolute Gasteiger partial charge is 0.352 e. The fourth-order valence-electron chi connectivity index (χ4n) is 3.85. The average Bonchev–Trinajstić information content (AvgIpc) is 2.79. The number of hydrogen-bond acceptors (Lipinski definition) is 9. The van der Waals surface area contributed by atoms with Crippen LogP contribution in [0.4, 0.5) is 28.8 Å². The summed E-state index contributed by atoms with van der Waals surface area (Å²) in [6, 6.07) is 4.69. The minimum Gasteiger partial charge on any atom is -0.352 e. The Kier molecular flexibility index (Phi) is 8.92. The molecular weight excluding hydrogens is 496 g/mol. The van der Waals surface area contributed by atoms with Gasteiger partial charge in [-0.15, -0.1) is 0 Å². The third kappa shape index (κ3) is 7.76. The number of nitrogens with one attached hydrogen (secondary N) is 3. The number of nitrogens with zero attached hydrogens (tertiary/aromatic N) is 5. The monoisotopic (exact) mass is 532 g/mol. The minimum atomic E-state index is -3.57. The van der Waals surface area contributed by atoms with Crippen molar-refractivity contribution in [2.75, 3.05) is 66.9 Å². The number of likely N-dealkylation sites (N-methyl/N-ethyl adjacent to an activating group) is 1. The van der Waals surface area contributed by atoms with Crippen molar-refractivity contribution < 1.29 is 18.0 Å². The van der Waals surface area contributed by atoms with Gasteiger partial charge in [-0.25, -0.2) is 13.4 Å². The van der Waals surface area contributed by atoms with Crippen LogP contribution in [-0.4, -0.2) is 88.2 Å². The van der Waals surface area contributed by atoms with E-state index in [1.807, 2.05) is 32.8 Å². The van der Waals surface area contributed by atoms with Gasteiger partial charge in [0.2, 0.25) is 21.9 Å². The Morgan fingerprint density at radius 1 is 1.16 bits per heavy atom. The van der Waals surface area contributed by atoms with Crippen molar-refractivity contribution in [3.8, 4) is 0 Å². The standard InChI is InChI=1S/C24H36N8O4S/c1-16(2)32-15-21(33)31(5)20-14-26-24(28-22(20)32)27-18-11-17(12-19(13-18)29-37(6,35)36)23(34)25-9-7-8-10-30(3)4/h11-14,16,29H,7-10,15H2,1-6H3,(H,25,34)(H,26,27,28). The van der Waals surface area contributed by atoms with Gasteiger partial charge in [-0.1, -0.05) is 0 Å². The van der Waals surface area contributed by atoms with Crippen LogP contribution in [0.3, 0.4) is 0 Å². The molecule has 1 aliphatic rings. The van der Waals surface area contributed by atoms with E-state index in [0.29, 0.717) is 23.7 Å². The quantitative estimate of drug-likeness (QED) is 0.370. The maximum Gasteiger partial charge on any atom is 0.251 e. The van der Waals surface area contributed by atoms with Gasteiger partial charge in [0.1, 0.15) is 5.69 Å². The highest BCUT2D eigenvalue weighted by Crippen LogP contribution is 2.33. The zero-order valence-electron chi connectivity index (χ0n) is 22.2. The highest BCUT2D eigenvalue weighted by Gasteiger charge is 2.30. The summed E-state index contributed by atoms with van der Waals surface area (Å²) < 4.78 is 26.2. The van der Waals surface area contributed by atoms with Crippen molar-refractivity contribution in [3.05, 3.63) is 30.0 Å². The van der Waals surface area contributed by atoms with Gasteiger partial charge >= 0.3 is 0 Å². The number of anilines is 5. The van der Waals surface area contributed by atoms with E-state index in [1.165, 1.54) is 11.0 Å². The van der Waals surface area contributed by atoms with Crippen molar-refractivity contribution in [1.29, 1.82) is 0 Å². The molecule has 1 aromatic heterocycles. The van der Waals surface area contributed by atoms with E-state index in [4.69, 9.17) is 0 Å². The van der Waals surface area contributed by atoms with Gasteiger partial charge in [0.25, 0.3) is 5.91 Å². The van der Waals surface area contributed by atoms with Gasteiger partial charge in [-0.2, -0.15) is 4.98 Å². The molecule has 1 aromatic carbocycles. The SMILES string of the molecule is CC(C)N1CC(=O)N(C)c2cnc(Nc3cc(NS(C)(=O)=O)cc(C(=O)NCCCCN(C)C)c3)nc21. The molecule has 12 nitrogen and oxygen atoms in total. The van der Waals surface area contributed by atoms with Crippen molar-refractivity contribution in [1.82, 2.24) is 20.2 Å². The summed E-state index contributed by atoms with van der Waals surface area (Å²) in [4.78, 5) is 39.7. The molecule has 0 bridgehead atoms. The molecule has 0 radical (unpaired) electrons. The van der Waals surface area contributed by atoms with E-state index in [2.05, 4.69) is 30.2 Å². The Hall–Kier alpha value is -3.45. The number of aromatic nitrogens is 2. The van der Waals surface area contributed by atoms with Crippen molar-refractivity contribution in [3.63, 3.8) is 0 Å². The number of rotatable bonds is 11. The van der Waals surface area contributed by atoms with Crippen LogP contribution in [0.15, 0.2) is 24.4 Å². The third-order valence-electron chi connectivity index (χ3n) is 5.76. The molecule has 1 aliphatic heterocycles. The van der Waals surface area contributed by atoms with Crippen molar-refractivity contribution >= 4 is 50.7 Å². The first-order chi connectivity index (χ1) is 17.3. The number of sulfonamides is 1. The summed E-state index contributed by atoms with van der Waals surface area (Å²) in [5.41, 5.74) is 1.55. The lowest BCUT2D eigenvalue weighted by Gasteiger charge is -2.36. The molecule has 3 rings (SSSR count). The molecular formula is C24H36N8O4S. The zero-order valence-corrected chi connectivity index (χ0v) is 23.0. The van der Waals surface area contributed by atoms with E-state index in [9.17, 15) is 18.0 Å². The van der Waals surface area contributed by atoms with E-state index in [1.54, 1.807) is 25.4 Å². The fraction of sp³-hybridized carbons (Fsp3) is 0.500. The normalized spacial score (nSPS) is 13.7. The summed E-state index contributed by atoms with van der Waals surface area (Å²) in [6.45, 7) is 5.58. The maximum absolute atomic E-state index is 12.8. The summed E-state index contributed by atoms with van der Waals surface area (Å²) in [6.07, 6.45) is 4.38. The van der Waals surface area contributed by atoms with Gasteiger partial charge in [0.15, 0.2) is 5.82 Å². The molecule has 13 heteroatoms. The van der Waals surface area contributed by atoms with Gasteiger partial charge in [-0.3, -0.25) is 14.3 Å².